The second kappa shape index (κ2) is 5.22. The van der Waals surface area contributed by atoms with Gasteiger partial charge in [-0.2, -0.15) is 0 Å². The average Bonchev–Trinajstić information content (AvgIpc) is 2.82. The molecular weight excluding hydrogens is 253 g/mol. The number of carbonyl (C=O) groups excluding carboxylic acids is 1. The van der Waals surface area contributed by atoms with Gasteiger partial charge in [-0.05, 0) is 42.6 Å². The first-order valence-corrected chi connectivity index (χ1v) is 6.28. The van der Waals surface area contributed by atoms with Crippen LogP contribution < -0.4 is 5.32 Å². The average molecular weight is 265 g/mol. The Hall–Kier alpha value is -1.82. The summed E-state index contributed by atoms with van der Waals surface area (Å²) in [4.78, 5) is 12.4. The van der Waals surface area contributed by atoms with Crippen molar-refractivity contribution in [2.24, 2.45) is 0 Å². The quantitative estimate of drug-likeness (QED) is 0.928. The maximum Gasteiger partial charge on any atom is 0.269 e. The number of amides is 1. The van der Waals surface area contributed by atoms with E-state index in [0.29, 0.717) is 17.0 Å². The molecule has 1 aromatic heterocycles. The van der Waals surface area contributed by atoms with Crippen molar-refractivity contribution in [2.45, 2.75) is 20.3 Å². The molecule has 0 radical (unpaired) electrons. The van der Waals surface area contributed by atoms with Crippen molar-refractivity contribution < 1.29 is 9.18 Å². The van der Waals surface area contributed by atoms with Crippen LogP contribution in [0.1, 0.15) is 27.9 Å². The largest absolute Gasteiger partial charge is 0.319 e. The molecule has 0 aliphatic heterocycles. The lowest BCUT2D eigenvalue weighted by molar-refractivity contribution is 0.102. The maximum atomic E-state index is 13.5. The van der Waals surface area contributed by atoms with E-state index in [9.17, 15) is 9.18 Å². The minimum Gasteiger partial charge on any atom is -0.319 e. The number of hydrogen-bond donors (Lipinski definition) is 1. The number of benzene rings is 1. The molecule has 0 bridgehead atoms. The van der Waals surface area contributed by atoms with Crippen LogP contribution in [-0.2, 0) is 6.42 Å². The number of aromatic nitrogens is 2. The minimum absolute atomic E-state index is 0.176. The van der Waals surface area contributed by atoms with E-state index in [1.54, 1.807) is 12.1 Å². The third-order valence-electron chi connectivity index (χ3n) is 2.47. The summed E-state index contributed by atoms with van der Waals surface area (Å²) in [7, 11) is 0. The van der Waals surface area contributed by atoms with Gasteiger partial charge in [-0.25, -0.2) is 4.39 Å². The summed E-state index contributed by atoms with van der Waals surface area (Å²) in [6.45, 7) is 3.72. The predicted octanol–water partition coefficient (Wildman–Crippen LogP) is 2.80. The highest BCUT2D eigenvalue weighted by atomic mass is 32.1. The van der Waals surface area contributed by atoms with E-state index in [1.165, 1.54) is 6.07 Å². The number of aryl methyl sites for hydroxylation is 2. The van der Waals surface area contributed by atoms with Gasteiger partial charge in [0.2, 0.25) is 0 Å². The fraction of sp³-hybridized carbons (Fsp3) is 0.250. The Morgan fingerprint density at radius 1 is 1.50 bits per heavy atom. The molecule has 1 heterocycles. The van der Waals surface area contributed by atoms with Crippen LogP contribution in [0.15, 0.2) is 18.2 Å². The van der Waals surface area contributed by atoms with Crippen LogP contribution in [0.3, 0.4) is 0 Å². The van der Waals surface area contributed by atoms with Crippen LogP contribution in [0.2, 0.25) is 0 Å². The lowest BCUT2D eigenvalue weighted by Gasteiger charge is -2.06. The van der Waals surface area contributed by atoms with E-state index in [4.69, 9.17) is 0 Å². The maximum absolute atomic E-state index is 13.5. The van der Waals surface area contributed by atoms with Crippen molar-refractivity contribution in [1.82, 2.24) is 9.59 Å². The molecule has 6 heteroatoms. The molecule has 1 N–H and O–H groups in total. The third kappa shape index (κ3) is 2.53. The minimum atomic E-state index is -0.454. The van der Waals surface area contributed by atoms with E-state index in [1.807, 2.05) is 13.8 Å². The van der Waals surface area contributed by atoms with Crippen LogP contribution in [0, 0.1) is 12.7 Å². The first-order valence-electron chi connectivity index (χ1n) is 5.50. The number of hydrogen-bond acceptors (Lipinski definition) is 4. The Balaban J connectivity index is 2.24. The first-order chi connectivity index (χ1) is 8.61. The highest BCUT2D eigenvalue weighted by Gasteiger charge is 2.16. The van der Waals surface area contributed by atoms with E-state index in [-0.39, 0.29) is 11.6 Å². The number of carbonyl (C=O) groups is 1. The van der Waals surface area contributed by atoms with Crippen molar-refractivity contribution in [1.29, 1.82) is 0 Å². The molecule has 1 aromatic carbocycles. The number of halogens is 1. The Labute approximate surface area is 108 Å². The normalized spacial score (nSPS) is 10.4. The van der Waals surface area contributed by atoms with Gasteiger partial charge in [0.15, 0.2) is 0 Å². The highest BCUT2D eigenvalue weighted by Crippen LogP contribution is 2.18. The molecule has 18 heavy (non-hydrogen) atoms. The number of rotatable bonds is 3. The van der Waals surface area contributed by atoms with Crippen LogP contribution in [-0.4, -0.2) is 15.5 Å². The van der Waals surface area contributed by atoms with Gasteiger partial charge in [0, 0.05) is 0 Å². The first kappa shape index (κ1) is 12.6. The Morgan fingerprint density at radius 3 is 3.00 bits per heavy atom. The molecule has 0 unspecified atom stereocenters. The van der Waals surface area contributed by atoms with Gasteiger partial charge < -0.3 is 5.32 Å². The van der Waals surface area contributed by atoms with E-state index >= 15 is 0 Å². The van der Waals surface area contributed by atoms with Gasteiger partial charge in [0.1, 0.15) is 10.7 Å². The molecule has 2 rings (SSSR count). The number of nitrogens with zero attached hydrogens (tertiary/aromatic N) is 2. The summed E-state index contributed by atoms with van der Waals surface area (Å²) >= 11 is 1.02. The Bertz CT molecular complexity index is 582. The molecule has 0 atom stereocenters. The van der Waals surface area contributed by atoms with Crippen molar-refractivity contribution in [2.75, 3.05) is 5.32 Å². The lowest BCUT2D eigenvalue weighted by atomic mass is 10.2. The molecule has 0 spiro atoms. The number of nitrogens with one attached hydrogen (secondary N) is 1. The molecule has 0 saturated heterocycles. The highest BCUT2D eigenvalue weighted by molar-refractivity contribution is 7.08. The van der Waals surface area contributed by atoms with Crippen LogP contribution >= 0.6 is 11.5 Å². The van der Waals surface area contributed by atoms with E-state index in [2.05, 4.69) is 14.9 Å². The summed E-state index contributed by atoms with van der Waals surface area (Å²) in [6, 6.07) is 4.57. The van der Waals surface area contributed by atoms with Gasteiger partial charge in [-0.15, -0.1) is 5.10 Å². The van der Waals surface area contributed by atoms with Crippen LogP contribution in [0.5, 0.6) is 0 Å². The molecule has 2 aromatic rings. The molecule has 94 valence electrons. The molecular formula is C12H12FN3OS. The van der Waals surface area contributed by atoms with Gasteiger partial charge >= 0.3 is 0 Å². The van der Waals surface area contributed by atoms with Gasteiger partial charge in [0.25, 0.3) is 5.91 Å². The van der Waals surface area contributed by atoms with E-state index < -0.39 is 5.82 Å². The third-order valence-corrected chi connectivity index (χ3v) is 3.23. The summed E-state index contributed by atoms with van der Waals surface area (Å²) in [5, 5.41) is 6.40. The zero-order chi connectivity index (χ0) is 13.1. The Kier molecular flexibility index (Phi) is 3.66. The van der Waals surface area contributed by atoms with Crippen LogP contribution in [0.25, 0.3) is 0 Å². The summed E-state index contributed by atoms with van der Waals surface area (Å²) in [5.74, 6) is -0.823. The SMILES string of the molecule is CCc1nnsc1C(=O)Nc1cc(C)ccc1F. The molecule has 0 aliphatic rings. The van der Waals surface area contributed by atoms with Crippen molar-refractivity contribution in [3.05, 3.63) is 40.2 Å². The van der Waals surface area contributed by atoms with Crippen LogP contribution in [0.4, 0.5) is 10.1 Å². The van der Waals surface area contributed by atoms with Gasteiger partial charge in [-0.3, -0.25) is 4.79 Å². The summed E-state index contributed by atoms with van der Waals surface area (Å²) in [5.41, 5.74) is 1.69. The van der Waals surface area contributed by atoms with E-state index in [0.717, 1.165) is 17.1 Å². The van der Waals surface area contributed by atoms with Crippen molar-refractivity contribution in [3.63, 3.8) is 0 Å². The Morgan fingerprint density at radius 2 is 2.28 bits per heavy atom. The van der Waals surface area contributed by atoms with Crippen molar-refractivity contribution >= 4 is 23.1 Å². The summed E-state index contributed by atoms with van der Waals surface area (Å²) in [6.07, 6.45) is 0.621. The molecule has 0 fully saturated rings. The molecule has 4 nitrogen and oxygen atoms in total. The van der Waals surface area contributed by atoms with Gasteiger partial charge in [-0.1, -0.05) is 17.5 Å². The standard InChI is InChI=1S/C12H12FN3OS/c1-3-9-11(18-16-15-9)12(17)14-10-6-7(2)4-5-8(10)13/h4-6H,3H2,1-2H3,(H,14,17). The second-order valence-electron chi connectivity index (χ2n) is 3.84. The summed E-state index contributed by atoms with van der Waals surface area (Å²) < 4.78 is 17.2. The molecule has 0 aliphatic carbocycles. The molecule has 0 saturated carbocycles. The smallest absolute Gasteiger partial charge is 0.269 e. The molecule has 1 amide bonds. The monoisotopic (exact) mass is 265 g/mol. The predicted molar refractivity (Wildman–Crippen MR) is 68.4 cm³/mol. The van der Waals surface area contributed by atoms with Crippen molar-refractivity contribution in [3.8, 4) is 0 Å². The zero-order valence-corrected chi connectivity index (χ0v) is 10.8. The van der Waals surface area contributed by atoms with Gasteiger partial charge in [0.05, 0.1) is 11.4 Å². The zero-order valence-electron chi connectivity index (χ0n) is 10.0. The second-order valence-corrected chi connectivity index (χ2v) is 4.59. The fourth-order valence-corrected chi connectivity index (χ4v) is 2.17. The number of anilines is 1. The topological polar surface area (TPSA) is 54.9 Å². The lowest BCUT2D eigenvalue weighted by Crippen LogP contribution is -2.13. The fourth-order valence-electron chi connectivity index (χ4n) is 1.53.